The van der Waals surface area contributed by atoms with Crippen LogP contribution in [0.25, 0.3) is 98.8 Å². The second kappa shape index (κ2) is 11.1. The molecular formula is C48H30O. The number of furan rings is 1. The first kappa shape index (κ1) is 17.6. The predicted octanol–water partition coefficient (Wildman–Crippen LogP) is 13.7. The molecule has 1 nitrogen and oxygen atoms in total. The summed E-state index contributed by atoms with van der Waals surface area (Å²) in [5, 5.41) is 3.30. The third kappa shape index (κ3) is 4.47. The highest BCUT2D eigenvalue weighted by Crippen LogP contribution is 2.44. The summed E-state index contributed by atoms with van der Waals surface area (Å²) in [5.74, 6) is 0. The number of hydrogen-bond acceptors (Lipinski definition) is 1. The van der Waals surface area contributed by atoms with E-state index in [1.165, 1.54) is 0 Å². The van der Waals surface area contributed by atoms with Gasteiger partial charge in [-0.15, -0.1) is 0 Å². The van der Waals surface area contributed by atoms with E-state index in [4.69, 9.17) is 16.8 Å². The van der Waals surface area contributed by atoms with Crippen LogP contribution in [0.15, 0.2) is 186 Å². The van der Waals surface area contributed by atoms with E-state index in [0.29, 0.717) is 16.7 Å². The molecule has 0 N–H and O–H groups in total. The van der Waals surface area contributed by atoms with Crippen molar-refractivity contribution in [1.82, 2.24) is 0 Å². The van der Waals surface area contributed by atoms with Crippen LogP contribution in [0.1, 0.15) is 17.8 Å². The summed E-state index contributed by atoms with van der Waals surface area (Å²) in [5.41, 5.74) is 4.72. The summed E-state index contributed by atoms with van der Waals surface area (Å²) in [6, 6.07) is 25.2. The Bertz CT molecular complexity index is 3500. The first-order chi connectivity index (χ1) is 29.7. The van der Waals surface area contributed by atoms with E-state index in [1.807, 2.05) is 54.6 Å². The zero-order valence-electron chi connectivity index (χ0n) is 38.7. The average molecular weight is 636 g/mol. The minimum absolute atomic E-state index is 0.0739. The van der Waals surface area contributed by atoms with E-state index < -0.39 is 84.1 Å². The molecule has 0 saturated heterocycles. The Kier molecular flexibility index (Phi) is 3.99. The Labute approximate surface area is 302 Å². The number of benzene rings is 9. The van der Waals surface area contributed by atoms with Gasteiger partial charge in [0.1, 0.15) is 11.2 Å². The van der Waals surface area contributed by atoms with Crippen LogP contribution >= 0.6 is 0 Å². The summed E-state index contributed by atoms with van der Waals surface area (Å²) < 4.78 is 121. The summed E-state index contributed by atoms with van der Waals surface area (Å²) >= 11 is 0. The van der Waals surface area contributed by atoms with E-state index in [2.05, 4.69) is 36.4 Å². The molecule has 49 heavy (non-hydrogen) atoms. The van der Waals surface area contributed by atoms with Gasteiger partial charge >= 0.3 is 0 Å². The molecule has 10 rings (SSSR count). The van der Waals surface area contributed by atoms with Crippen LogP contribution in [-0.4, -0.2) is 0 Å². The minimum atomic E-state index is -0.713. The second-order valence-corrected chi connectivity index (χ2v) is 11.9. The Balaban J connectivity index is 1.22. The van der Waals surface area contributed by atoms with Crippen molar-refractivity contribution in [2.24, 2.45) is 0 Å². The quantitative estimate of drug-likeness (QED) is 0.175. The van der Waals surface area contributed by atoms with Gasteiger partial charge in [0, 0.05) is 10.8 Å². The molecule has 0 saturated carbocycles. The van der Waals surface area contributed by atoms with Crippen molar-refractivity contribution in [3.05, 3.63) is 182 Å². The number of fused-ring (bicyclic) bond motifs is 6. The average Bonchev–Trinajstić information content (AvgIpc) is 3.67. The van der Waals surface area contributed by atoms with Crippen LogP contribution in [0.4, 0.5) is 0 Å². The normalized spacial score (nSPS) is 15.4. The summed E-state index contributed by atoms with van der Waals surface area (Å²) in [4.78, 5) is 0. The highest BCUT2D eigenvalue weighted by atomic mass is 16.3. The molecule has 0 aliphatic rings. The van der Waals surface area contributed by atoms with Crippen LogP contribution in [0.2, 0.25) is 0 Å². The van der Waals surface area contributed by atoms with E-state index in [-0.39, 0.29) is 32.7 Å². The van der Waals surface area contributed by atoms with Crippen molar-refractivity contribution in [3.63, 3.8) is 0 Å². The van der Waals surface area contributed by atoms with Crippen molar-refractivity contribution in [3.8, 4) is 44.5 Å². The molecule has 0 aliphatic heterocycles. The smallest absolute Gasteiger partial charge is 0.136 e. The molecule has 1 heteroatoms. The van der Waals surface area contributed by atoms with Crippen molar-refractivity contribution in [1.29, 1.82) is 0 Å². The first-order valence-electron chi connectivity index (χ1n) is 22.3. The highest BCUT2D eigenvalue weighted by Gasteiger charge is 2.18. The Morgan fingerprint density at radius 3 is 1.65 bits per heavy atom. The van der Waals surface area contributed by atoms with Crippen LogP contribution in [0.5, 0.6) is 0 Å². The van der Waals surface area contributed by atoms with Crippen LogP contribution in [-0.2, 0) is 0 Å². The molecule has 1 aromatic heterocycles. The zero-order chi connectivity index (χ0) is 43.6. The van der Waals surface area contributed by atoms with Gasteiger partial charge in [-0.3, -0.25) is 0 Å². The lowest BCUT2D eigenvalue weighted by molar-refractivity contribution is 0.669. The van der Waals surface area contributed by atoms with Gasteiger partial charge in [-0.05, 0) is 101 Å². The van der Waals surface area contributed by atoms with E-state index >= 15 is 0 Å². The largest absolute Gasteiger partial charge is 0.456 e. The van der Waals surface area contributed by atoms with Gasteiger partial charge < -0.3 is 4.42 Å². The van der Waals surface area contributed by atoms with Crippen molar-refractivity contribution in [2.45, 2.75) is 0 Å². The maximum atomic E-state index is 9.24. The summed E-state index contributed by atoms with van der Waals surface area (Å²) in [6.45, 7) is 0. The number of hydrogen-bond donors (Lipinski definition) is 0. The molecule has 10 aromatic rings. The van der Waals surface area contributed by atoms with Crippen LogP contribution in [0, 0.1) is 0 Å². The van der Waals surface area contributed by atoms with Crippen molar-refractivity contribution < 1.29 is 22.2 Å². The monoisotopic (exact) mass is 635 g/mol. The van der Waals surface area contributed by atoms with Gasteiger partial charge in [0.15, 0.2) is 0 Å². The second-order valence-electron chi connectivity index (χ2n) is 11.9. The van der Waals surface area contributed by atoms with Crippen LogP contribution in [0.3, 0.4) is 0 Å². The summed E-state index contributed by atoms with van der Waals surface area (Å²) in [7, 11) is 0. The molecule has 1 heterocycles. The topological polar surface area (TPSA) is 13.1 Å². The standard InChI is InChI=1S/C48H30O/c1-2-12-33(13-3-1)46-39-15-6-8-17-41(39)47(42-18-9-7-16-40(42)46)34-24-22-32(23-25-34)38-19-10-20-44-48(38)43-28-27-37(30-45(43)49-44)36-26-21-31-11-4-5-14-35(31)29-36/h1-30H/i1D,2D,3D,6D,7D,8D,9D,12D,13D,15D,16D,17D,18D. The zero-order valence-corrected chi connectivity index (χ0v) is 25.7. The van der Waals surface area contributed by atoms with Gasteiger partial charge in [-0.1, -0.05) is 157 Å². The van der Waals surface area contributed by atoms with E-state index in [1.54, 1.807) is 12.1 Å². The SMILES string of the molecule is [2H]c1c([2H])c([2H])c(-c2c3c([2H])c([2H])c([2H])c([2H])c3c(-c3ccc(-c4cccc5oc6cc(-c7ccc8ccccc8c7)ccc6c45)cc3)c3c([2H])c([2H])c([2H])c([2H])c23)c([2H])c1[2H]. The molecule has 0 spiro atoms. The Hall–Kier alpha value is -6.44. The lowest BCUT2D eigenvalue weighted by atomic mass is 9.85. The Morgan fingerprint density at radius 1 is 0.367 bits per heavy atom. The van der Waals surface area contributed by atoms with E-state index in [9.17, 15) is 5.48 Å². The number of rotatable bonds is 4. The summed E-state index contributed by atoms with van der Waals surface area (Å²) in [6.07, 6.45) is 0. The molecule has 0 radical (unpaired) electrons. The molecule has 0 fully saturated rings. The van der Waals surface area contributed by atoms with Gasteiger partial charge in [0.25, 0.3) is 0 Å². The fraction of sp³-hybridized carbons (Fsp3) is 0. The third-order valence-corrected chi connectivity index (χ3v) is 9.19. The molecule has 9 aromatic carbocycles. The first-order valence-corrected chi connectivity index (χ1v) is 15.8. The lowest BCUT2D eigenvalue weighted by Gasteiger charge is -2.18. The predicted molar refractivity (Wildman–Crippen MR) is 208 cm³/mol. The fourth-order valence-corrected chi connectivity index (χ4v) is 6.97. The highest BCUT2D eigenvalue weighted by molar-refractivity contribution is 6.21. The lowest BCUT2D eigenvalue weighted by Crippen LogP contribution is -1.90. The maximum Gasteiger partial charge on any atom is 0.136 e. The molecule has 228 valence electrons. The third-order valence-electron chi connectivity index (χ3n) is 9.19. The Morgan fingerprint density at radius 2 is 0.939 bits per heavy atom. The molecule has 0 aliphatic carbocycles. The molecule has 0 atom stereocenters. The minimum Gasteiger partial charge on any atom is -0.456 e. The van der Waals surface area contributed by atoms with Gasteiger partial charge in [0.2, 0.25) is 0 Å². The molecular weight excluding hydrogens is 593 g/mol. The maximum absolute atomic E-state index is 9.24. The van der Waals surface area contributed by atoms with Crippen molar-refractivity contribution in [2.75, 3.05) is 0 Å². The fourth-order valence-electron chi connectivity index (χ4n) is 6.97. The van der Waals surface area contributed by atoms with Gasteiger partial charge in [-0.25, -0.2) is 0 Å². The van der Waals surface area contributed by atoms with Crippen molar-refractivity contribution >= 4 is 54.3 Å². The molecule has 0 bridgehead atoms. The molecule has 0 amide bonds. The molecule has 0 unspecified atom stereocenters. The van der Waals surface area contributed by atoms with Gasteiger partial charge in [-0.2, -0.15) is 0 Å². The van der Waals surface area contributed by atoms with Crippen LogP contribution < -0.4 is 0 Å². The van der Waals surface area contributed by atoms with Gasteiger partial charge in [0.05, 0.1) is 17.8 Å². The van der Waals surface area contributed by atoms with E-state index in [0.717, 1.165) is 43.8 Å².